The molecule has 1 fully saturated rings. The highest BCUT2D eigenvalue weighted by atomic mass is 19.1. The van der Waals surface area contributed by atoms with Gasteiger partial charge in [0.15, 0.2) is 5.78 Å². The summed E-state index contributed by atoms with van der Waals surface area (Å²) in [7, 11) is 0. The van der Waals surface area contributed by atoms with E-state index in [0.717, 1.165) is 19.4 Å². The third-order valence-electron chi connectivity index (χ3n) is 3.24. The molecular formula is C13H16FNO. The Morgan fingerprint density at radius 3 is 2.69 bits per heavy atom. The minimum Gasteiger partial charge on any atom is -0.313 e. The molecule has 1 aliphatic heterocycles. The van der Waals surface area contributed by atoms with E-state index in [1.807, 2.05) is 6.92 Å². The molecule has 16 heavy (non-hydrogen) atoms. The van der Waals surface area contributed by atoms with E-state index in [0.29, 0.717) is 5.56 Å². The lowest BCUT2D eigenvalue weighted by Crippen LogP contribution is -2.33. The van der Waals surface area contributed by atoms with Crippen LogP contribution in [0.15, 0.2) is 24.3 Å². The summed E-state index contributed by atoms with van der Waals surface area (Å²) in [6, 6.07) is 6.06. The summed E-state index contributed by atoms with van der Waals surface area (Å²) in [6.07, 6.45) is 2.18. The number of benzene rings is 1. The van der Waals surface area contributed by atoms with E-state index in [4.69, 9.17) is 0 Å². The summed E-state index contributed by atoms with van der Waals surface area (Å²) in [6.45, 7) is 2.93. The molecule has 1 aliphatic rings. The normalized spacial score (nSPS) is 22.0. The Balaban J connectivity index is 2.08. The zero-order chi connectivity index (χ0) is 11.5. The summed E-state index contributed by atoms with van der Waals surface area (Å²) >= 11 is 0. The minimum absolute atomic E-state index is 0.0343. The van der Waals surface area contributed by atoms with Crippen molar-refractivity contribution in [3.8, 4) is 0 Å². The zero-order valence-electron chi connectivity index (χ0n) is 9.37. The van der Waals surface area contributed by atoms with Crippen molar-refractivity contribution in [2.45, 2.75) is 25.8 Å². The molecular weight excluding hydrogens is 205 g/mol. The van der Waals surface area contributed by atoms with Crippen LogP contribution < -0.4 is 5.32 Å². The first-order valence-electron chi connectivity index (χ1n) is 5.71. The molecule has 0 aromatic heterocycles. The maximum atomic E-state index is 12.7. The molecule has 1 aromatic carbocycles. The van der Waals surface area contributed by atoms with Crippen molar-refractivity contribution in [3.05, 3.63) is 35.6 Å². The first kappa shape index (κ1) is 11.3. The Labute approximate surface area is 94.9 Å². The Hall–Kier alpha value is -1.22. The monoisotopic (exact) mass is 221 g/mol. The second kappa shape index (κ2) is 4.74. The number of ketones is 1. The maximum Gasteiger partial charge on any atom is 0.167 e. The summed E-state index contributed by atoms with van der Waals surface area (Å²) in [5.74, 6) is -0.240. The van der Waals surface area contributed by atoms with Crippen LogP contribution in [0.25, 0.3) is 0 Å². The highest BCUT2D eigenvalue weighted by molar-refractivity contribution is 5.98. The molecule has 1 N–H and O–H groups in total. The van der Waals surface area contributed by atoms with Gasteiger partial charge in [-0.15, -0.1) is 0 Å². The van der Waals surface area contributed by atoms with Crippen LogP contribution in [0.4, 0.5) is 4.39 Å². The van der Waals surface area contributed by atoms with Crippen molar-refractivity contribution in [3.63, 3.8) is 0 Å². The zero-order valence-corrected chi connectivity index (χ0v) is 9.37. The molecule has 2 rings (SSSR count). The van der Waals surface area contributed by atoms with E-state index in [1.165, 1.54) is 12.1 Å². The van der Waals surface area contributed by atoms with Gasteiger partial charge in [-0.05, 0) is 43.7 Å². The van der Waals surface area contributed by atoms with Crippen LogP contribution >= 0.6 is 0 Å². The average Bonchev–Trinajstić information content (AvgIpc) is 2.81. The third kappa shape index (κ3) is 2.30. The standard InChI is InChI=1S/C13H16FNO/c1-9(12-3-2-8-15-12)13(16)10-4-6-11(14)7-5-10/h4-7,9,12,15H,2-3,8H2,1H3. The molecule has 0 saturated carbocycles. The molecule has 0 aliphatic carbocycles. The Morgan fingerprint density at radius 1 is 1.44 bits per heavy atom. The molecule has 2 atom stereocenters. The van der Waals surface area contributed by atoms with E-state index in [-0.39, 0.29) is 23.6 Å². The van der Waals surface area contributed by atoms with Gasteiger partial charge in [-0.2, -0.15) is 0 Å². The first-order valence-corrected chi connectivity index (χ1v) is 5.71. The van der Waals surface area contributed by atoms with Crippen molar-refractivity contribution in [2.24, 2.45) is 5.92 Å². The van der Waals surface area contributed by atoms with E-state index in [1.54, 1.807) is 12.1 Å². The molecule has 0 amide bonds. The van der Waals surface area contributed by atoms with Crippen molar-refractivity contribution < 1.29 is 9.18 Å². The highest BCUT2D eigenvalue weighted by Gasteiger charge is 2.26. The lowest BCUT2D eigenvalue weighted by atomic mass is 9.91. The molecule has 1 aromatic rings. The van der Waals surface area contributed by atoms with Crippen LogP contribution in [0, 0.1) is 11.7 Å². The SMILES string of the molecule is CC(C(=O)c1ccc(F)cc1)C1CCCN1. The molecule has 3 heteroatoms. The lowest BCUT2D eigenvalue weighted by molar-refractivity contribution is 0.0907. The van der Waals surface area contributed by atoms with Gasteiger partial charge in [0, 0.05) is 17.5 Å². The van der Waals surface area contributed by atoms with Crippen LogP contribution in [0.3, 0.4) is 0 Å². The Kier molecular flexibility index (Phi) is 3.34. The Morgan fingerprint density at radius 2 is 2.12 bits per heavy atom. The fourth-order valence-corrected chi connectivity index (χ4v) is 2.20. The van der Waals surface area contributed by atoms with Gasteiger partial charge in [0.1, 0.15) is 5.82 Å². The van der Waals surface area contributed by atoms with Gasteiger partial charge >= 0.3 is 0 Å². The number of rotatable bonds is 3. The fourth-order valence-electron chi connectivity index (χ4n) is 2.20. The molecule has 0 bridgehead atoms. The van der Waals surface area contributed by atoms with Crippen LogP contribution in [0.2, 0.25) is 0 Å². The maximum absolute atomic E-state index is 12.7. The molecule has 2 nitrogen and oxygen atoms in total. The van der Waals surface area contributed by atoms with Gasteiger partial charge < -0.3 is 5.32 Å². The molecule has 0 spiro atoms. The molecule has 1 saturated heterocycles. The summed E-state index contributed by atoms with van der Waals surface area (Å²) in [4.78, 5) is 12.1. The average molecular weight is 221 g/mol. The van der Waals surface area contributed by atoms with Crippen molar-refractivity contribution >= 4 is 5.78 Å². The number of hydrogen-bond acceptors (Lipinski definition) is 2. The minimum atomic E-state index is -0.303. The van der Waals surface area contributed by atoms with E-state index in [2.05, 4.69) is 5.32 Å². The van der Waals surface area contributed by atoms with Crippen LogP contribution in [0.1, 0.15) is 30.1 Å². The van der Waals surface area contributed by atoms with E-state index >= 15 is 0 Å². The predicted octanol–water partition coefficient (Wildman–Crippen LogP) is 2.40. The third-order valence-corrected chi connectivity index (χ3v) is 3.24. The summed E-state index contributed by atoms with van der Waals surface area (Å²) in [5, 5.41) is 3.32. The number of Topliss-reactive ketones (excluding diaryl/α,β-unsaturated/α-hetero) is 1. The number of halogens is 1. The molecule has 1 heterocycles. The predicted molar refractivity (Wildman–Crippen MR) is 60.9 cm³/mol. The molecule has 0 radical (unpaired) electrons. The number of carbonyl (C=O) groups excluding carboxylic acids is 1. The van der Waals surface area contributed by atoms with Crippen LogP contribution in [0.5, 0.6) is 0 Å². The lowest BCUT2D eigenvalue weighted by Gasteiger charge is -2.18. The summed E-state index contributed by atoms with van der Waals surface area (Å²) < 4.78 is 12.7. The van der Waals surface area contributed by atoms with Gasteiger partial charge in [-0.25, -0.2) is 4.39 Å². The second-order valence-electron chi connectivity index (χ2n) is 4.36. The van der Waals surface area contributed by atoms with Gasteiger partial charge in [0.05, 0.1) is 0 Å². The second-order valence-corrected chi connectivity index (χ2v) is 4.36. The Bertz CT molecular complexity index is 368. The fraction of sp³-hybridized carbons (Fsp3) is 0.462. The van der Waals surface area contributed by atoms with Crippen LogP contribution in [-0.2, 0) is 0 Å². The largest absolute Gasteiger partial charge is 0.313 e. The molecule has 86 valence electrons. The number of hydrogen-bond donors (Lipinski definition) is 1. The van der Waals surface area contributed by atoms with Crippen molar-refractivity contribution in [2.75, 3.05) is 6.54 Å². The van der Waals surface area contributed by atoms with Crippen molar-refractivity contribution in [1.82, 2.24) is 5.32 Å². The van der Waals surface area contributed by atoms with Crippen LogP contribution in [-0.4, -0.2) is 18.4 Å². The number of carbonyl (C=O) groups is 1. The number of nitrogens with one attached hydrogen (secondary N) is 1. The quantitative estimate of drug-likeness (QED) is 0.794. The van der Waals surface area contributed by atoms with E-state index in [9.17, 15) is 9.18 Å². The smallest absolute Gasteiger partial charge is 0.167 e. The van der Waals surface area contributed by atoms with Gasteiger partial charge in [-0.3, -0.25) is 4.79 Å². The summed E-state index contributed by atoms with van der Waals surface area (Å²) in [5.41, 5.74) is 0.600. The molecule has 2 unspecified atom stereocenters. The van der Waals surface area contributed by atoms with Crippen molar-refractivity contribution in [1.29, 1.82) is 0 Å². The van der Waals surface area contributed by atoms with E-state index < -0.39 is 0 Å². The van der Waals surface area contributed by atoms with Gasteiger partial charge in [0.2, 0.25) is 0 Å². The topological polar surface area (TPSA) is 29.1 Å². The van der Waals surface area contributed by atoms with Gasteiger partial charge in [0.25, 0.3) is 0 Å². The highest BCUT2D eigenvalue weighted by Crippen LogP contribution is 2.19. The van der Waals surface area contributed by atoms with Gasteiger partial charge in [-0.1, -0.05) is 6.92 Å². The first-order chi connectivity index (χ1) is 7.68.